The molecule has 0 spiro atoms. The average Bonchev–Trinajstić information content (AvgIpc) is 2.49. The van der Waals surface area contributed by atoms with Crippen molar-refractivity contribution in [1.29, 1.82) is 0 Å². The normalized spacial score (nSPS) is 15.4. The van der Waals surface area contributed by atoms with Crippen molar-refractivity contribution in [2.24, 2.45) is 7.05 Å². The Hall–Kier alpha value is -0.640. The van der Waals surface area contributed by atoms with Gasteiger partial charge in [0.15, 0.2) is 0 Å². The number of rotatable bonds is 3. The minimum absolute atomic E-state index is 0.124. The van der Waals surface area contributed by atoms with Gasteiger partial charge in [-0.2, -0.15) is 5.10 Å². The van der Waals surface area contributed by atoms with Crippen LogP contribution < -0.4 is 0 Å². The Morgan fingerprint density at radius 3 is 2.69 bits per heavy atom. The summed E-state index contributed by atoms with van der Waals surface area (Å²) >= 11 is 3.35. The lowest BCUT2D eigenvalue weighted by atomic mass is 10.0. The van der Waals surface area contributed by atoms with E-state index in [1.165, 1.54) is 0 Å². The molecule has 3 nitrogen and oxygen atoms in total. The van der Waals surface area contributed by atoms with Crippen LogP contribution in [0.3, 0.4) is 0 Å². The third-order valence-electron chi connectivity index (χ3n) is 2.03. The molecule has 72 valence electrons. The van der Waals surface area contributed by atoms with E-state index in [0.29, 0.717) is 0 Å². The summed E-state index contributed by atoms with van der Waals surface area (Å²) < 4.78 is 1.74. The summed E-state index contributed by atoms with van der Waals surface area (Å²) in [4.78, 5) is 10.9. The van der Waals surface area contributed by atoms with Crippen molar-refractivity contribution in [3.05, 3.63) is 18.0 Å². The van der Waals surface area contributed by atoms with E-state index < -0.39 is 0 Å². The molecule has 0 fully saturated rings. The first kappa shape index (κ1) is 10.4. The van der Waals surface area contributed by atoms with Crippen molar-refractivity contribution in [3.8, 4) is 0 Å². The van der Waals surface area contributed by atoms with Gasteiger partial charge in [0.05, 0.1) is 10.5 Å². The first-order valence-corrected chi connectivity index (χ1v) is 5.08. The van der Waals surface area contributed by atoms with Crippen LogP contribution in [0.2, 0.25) is 0 Å². The first-order chi connectivity index (χ1) is 6.02. The van der Waals surface area contributed by atoms with Crippen molar-refractivity contribution in [2.75, 3.05) is 0 Å². The Labute approximate surface area is 86.3 Å². The number of hydrogen-bond acceptors (Lipinski definition) is 2. The third-order valence-corrected chi connectivity index (χ3v) is 3.47. The van der Waals surface area contributed by atoms with E-state index in [4.69, 9.17) is 0 Å². The summed E-state index contributed by atoms with van der Waals surface area (Å²) in [6, 6.07) is 1.93. The predicted molar refractivity (Wildman–Crippen MR) is 55.0 cm³/mol. The number of carbonyl (C=O) groups excluding carboxylic acids is 1. The number of alkyl halides is 1. The molecule has 0 aromatic carbocycles. The van der Waals surface area contributed by atoms with Crippen molar-refractivity contribution >= 4 is 21.7 Å². The average molecular weight is 245 g/mol. The van der Waals surface area contributed by atoms with E-state index in [1.54, 1.807) is 11.6 Å². The van der Waals surface area contributed by atoms with E-state index in [1.807, 2.05) is 26.2 Å². The zero-order chi connectivity index (χ0) is 10.0. The summed E-state index contributed by atoms with van der Waals surface area (Å²) in [7, 11) is 1.87. The van der Waals surface area contributed by atoms with Gasteiger partial charge in [-0.1, -0.05) is 22.9 Å². The number of halogens is 1. The fraction of sp³-hybridized carbons (Fsp3) is 0.556. The van der Waals surface area contributed by atoms with E-state index in [0.717, 1.165) is 5.69 Å². The van der Waals surface area contributed by atoms with Gasteiger partial charge in [-0.3, -0.25) is 9.48 Å². The molecule has 2 atom stereocenters. The van der Waals surface area contributed by atoms with Crippen LogP contribution in [0.5, 0.6) is 0 Å². The highest BCUT2D eigenvalue weighted by molar-refractivity contribution is 9.10. The monoisotopic (exact) mass is 244 g/mol. The lowest BCUT2D eigenvalue weighted by molar-refractivity contribution is -0.116. The Kier molecular flexibility index (Phi) is 3.25. The maximum Gasteiger partial charge on any atom is 0.144 e. The summed E-state index contributed by atoms with van der Waals surface area (Å²) in [5.41, 5.74) is 0.944. The summed E-state index contributed by atoms with van der Waals surface area (Å²) in [6.45, 7) is 3.57. The Morgan fingerprint density at radius 1 is 1.69 bits per heavy atom. The van der Waals surface area contributed by atoms with Gasteiger partial charge >= 0.3 is 0 Å². The lowest BCUT2D eigenvalue weighted by Gasteiger charge is -2.12. The maximum atomic E-state index is 11.1. The summed E-state index contributed by atoms with van der Waals surface area (Å²) in [5.74, 6) is 0.261. The fourth-order valence-corrected chi connectivity index (χ4v) is 1.45. The molecule has 0 amide bonds. The molecule has 0 aliphatic rings. The number of nitrogens with zero attached hydrogens (tertiary/aromatic N) is 2. The van der Waals surface area contributed by atoms with E-state index >= 15 is 0 Å². The highest BCUT2D eigenvalue weighted by Gasteiger charge is 2.21. The van der Waals surface area contributed by atoms with Gasteiger partial charge in [0.1, 0.15) is 5.78 Å². The second-order valence-electron chi connectivity index (χ2n) is 3.22. The number of Topliss-reactive ketones (excluding diaryl/α,β-unsaturated/α-hetero) is 1. The van der Waals surface area contributed by atoms with Crippen molar-refractivity contribution in [1.82, 2.24) is 9.78 Å². The molecule has 0 bridgehead atoms. The minimum Gasteiger partial charge on any atom is -0.299 e. The van der Waals surface area contributed by atoms with Crippen molar-refractivity contribution in [2.45, 2.75) is 24.6 Å². The van der Waals surface area contributed by atoms with Crippen LogP contribution in [0.15, 0.2) is 12.3 Å². The molecule has 0 radical (unpaired) electrons. The van der Waals surface area contributed by atoms with Gasteiger partial charge in [-0.15, -0.1) is 0 Å². The second kappa shape index (κ2) is 4.05. The molecule has 1 rings (SSSR count). The number of carbonyl (C=O) groups is 1. The molecule has 1 aromatic rings. The van der Waals surface area contributed by atoms with Gasteiger partial charge in [0, 0.05) is 19.2 Å². The summed E-state index contributed by atoms with van der Waals surface area (Å²) in [5, 5.41) is 4.25. The van der Waals surface area contributed by atoms with E-state index in [2.05, 4.69) is 21.0 Å². The topological polar surface area (TPSA) is 34.9 Å². The van der Waals surface area contributed by atoms with Gasteiger partial charge in [0.25, 0.3) is 0 Å². The molecule has 4 heteroatoms. The number of ketones is 1. The molecule has 0 saturated heterocycles. The van der Waals surface area contributed by atoms with E-state index in [9.17, 15) is 4.79 Å². The quantitative estimate of drug-likeness (QED) is 0.762. The standard InChI is InChI=1S/C9H13BrN2O/c1-6(9(10)7(2)13)8-4-5-12(3)11-8/h4-6,9H,1-3H3. The zero-order valence-electron chi connectivity index (χ0n) is 7.99. The van der Waals surface area contributed by atoms with Crippen molar-refractivity contribution < 1.29 is 4.79 Å². The van der Waals surface area contributed by atoms with Crippen LogP contribution in [0.4, 0.5) is 0 Å². The van der Waals surface area contributed by atoms with Gasteiger partial charge < -0.3 is 0 Å². The predicted octanol–water partition coefficient (Wildman–Crippen LogP) is 1.88. The molecule has 13 heavy (non-hydrogen) atoms. The maximum absolute atomic E-state index is 11.1. The fourth-order valence-electron chi connectivity index (χ4n) is 1.18. The first-order valence-electron chi connectivity index (χ1n) is 4.16. The Bertz CT molecular complexity index is 308. The highest BCUT2D eigenvalue weighted by Crippen LogP contribution is 2.23. The molecular formula is C9H13BrN2O. The van der Waals surface area contributed by atoms with Crippen LogP contribution in [0, 0.1) is 0 Å². The largest absolute Gasteiger partial charge is 0.299 e. The smallest absolute Gasteiger partial charge is 0.144 e. The second-order valence-corrected chi connectivity index (χ2v) is 4.20. The van der Waals surface area contributed by atoms with Crippen LogP contribution in [-0.2, 0) is 11.8 Å². The van der Waals surface area contributed by atoms with Crippen molar-refractivity contribution in [3.63, 3.8) is 0 Å². The molecule has 0 saturated carbocycles. The molecule has 1 aromatic heterocycles. The molecule has 0 N–H and O–H groups in total. The Balaban J connectivity index is 2.78. The summed E-state index contributed by atoms with van der Waals surface area (Å²) in [6.07, 6.45) is 1.88. The van der Waals surface area contributed by atoms with Crippen LogP contribution in [0.25, 0.3) is 0 Å². The van der Waals surface area contributed by atoms with Crippen LogP contribution in [-0.4, -0.2) is 20.4 Å². The number of hydrogen-bond donors (Lipinski definition) is 0. The number of aryl methyl sites for hydroxylation is 1. The van der Waals surface area contributed by atoms with Crippen LogP contribution in [0.1, 0.15) is 25.5 Å². The van der Waals surface area contributed by atoms with Gasteiger partial charge in [-0.25, -0.2) is 0 Å². The Morgan fingerprint density at radius 2 is 2.31 bits per heavy atom. The molecular weight excluding hydrogens is 232 g/mol. The number of aromatic nitrogens is 2. The molecule has 1 heterocycles. The highest BCUT2D eigenvalue weighted by atomic mass is 79.9. The zero-order valence-corrected chi connectivity index (χ0v) is 9.58. The lowest BCUT2D eigenvalue weighted by Crippen LogP contribution is -2.18. The molecule has 2 unspecified atom stereocenters. The SMILES string of the molecule is CC(=O)C(Br)C(C)c1ccn(C)n1. The molecule has 0 aliphatic carbocycles. The van der Waals surface area contributed by atoms with Crippen LogP contribution >= 0.6 is 15.9 Å². The minimum atomic E-state index is -0.137. The van der Waals surface area contributed by atoms with Gasteiger partial charge in [-0.05, 0) is 13.0 Å². The van der Waals surface area contributed by atoms with Gasteiger partial charge in [0.2, 0.25) is 0 Å². The third kappa shape index (κ3) is 2.40. The molecule has 0 aliphatic heterocycles. The van der Waals surface area contributed by atoms with E-state index in [-0.39, 0.29) is 16.5 Å².